The quantitative estimate of drug-likeness (QED) is 0.710. The predicted molar refractivity (Wildman–Crippen MR) is 59.5 cm³/mol. The fraction of sp³-hybridized carbons (Fsp3) is 0.167. The van der Waals surface area contributed by atoms with Crippen LogP contribution in [-0.4, -0.2) is 11.2 Å². The Balaban J connectivity index is 2.14. The van der Waals surface area contributed by atoms with Crippen molar-refractivity contribution in [1.29, 1.82) is 0 Å². The molecule has 2 heterocycles. The molecule has 15 heavy (non-hydrogen) atoms. The van der Waals surface area contributed by atoms with Crippen molar-refractivity contribution < 1.29 is 4.74 Å². The summed E-state index contributed by atoms with van der Waals surface area (Å²) in [6, 6.07) is 9.91. The molecule has 2 aromatic rings. The van der Waals surface area contributed by atoms with Crippen molar-refractivity contribution in [3.63, 3.8) is 0 Å². The zero-order valence-corrected chi connectivity index (χ0v) is 8.82. The van der Waals surface area contributed by atoms with Crippen LogP contribution in [-0.2, 0) is 4.74 Å². The van der Waals surface area contributed by atoms with Crippen LogP contribution in [0.3, 0.4) is 0 Å². The molecular formula is C12H10ClNO. The molecule has 76 valence electrons. The second-order valence-electron chi connectivity index (χ2n) is 3.62. The van der Waals surface area contributed by atoms with Crippen LogP contribution in [0.15, 0.2) is 42.7 Å². The summed E-state index contributed by atoms with van der Waals surface area (Å²) in [5.41, 5.74) is 2.31. The molecule has 1 aliphatic heterocycles. The Labute approximate surface area is 93.0 Å². The lowest BCUT2D eigenvalue weighted by molar-refractivity contribution is 0.415. The molecule has 0 aliphatic carbocycles. The number of hydrogen-bond acceptors (Lipinski definition) is 1. The summed E-state index contributed by atoms with van der Waals surface area (Å²) in [7, 11) is 0. The molecule has 0 bridgehead atoms. The lowest BCUT2D eigenvalue weighted by Crippen LogP contribution is -1.96. The van der Waals surface area contributed by atoms with Gasteiger partial charge >= 0.3 is 0 Å². The number of benzene rings is 1. The maximum absolute atomic E-state index is 6.00. The van der Waals surface area contributed by atoms with Crippen molar-refractivity contribution in [2.45, 2.75) is 6.10 Å². The Morgan fingerprint density at radius 3 is 2.67 bits per heavy atom. The van der Waals surface area contributed by atoms with Gasteiger partial charge in [-0.2, -0.15) is 0 Å². The van der Waals surface area contributed by atoms with E-state index in [1.807, 2.05) is 42.7 Å². The molecule has 1 aliphatic rings. The number of ether oxygens (including phenoxy) is 1. The lowest BCUT2D eigenvalue weighted by atomic mass is 10.1. The van der Waals surface area contributed by atoms with E-state index < -0.39 is 0 Å². The van der Waals surface area contributed by atoms with E-state index in [9.17, 15) is 0 Å². The molecule has 1 aromatic heterocycles. The van der Waals surface area contributed by atoms with E-state index in [1.165, 1.54) is 5.56 Å². The molecule has 3 rings (SSSR count). The number of hydrogen-bond donors (Lipinski definition) is 0. The van der Waals surface area contributed by atoms with Crippen LogP contribution < -0.4 is 0 Å². The van der Waals surface area contributed by atoms with Crippen LogP contribution in [0.1, 0.15) is 11.7 Å². The van der Waals surface area contributed by atoms with Crippen LogP contribution in [0, 0.1) is 0 Å². The Bertz CT molecular complexity index is 474. The van der Waals surface area contributed by atoms with Crippen LogP contribution in [0.2, 0.25) is 5.02 Å². The average Bonchev–Trinajstić information content (AvgIpc) is 2.94. The molecule has 1 atom stereocenters. The minimum absolute atomic E-state index is 0.250. The van der Waals surface area contributed by atoms with Crippen LogP contribution >= 0.6 is 11.6 Å². The van der Waals surface area contributed by atoms with Crippen LogP contribution in [0.5, 0.6) is 0 Å². The first-order chi connectivity index (χ1) is 7.34. The van der Waals surface area contributed by atoms with Gasteiger partial charge < -0.3 is 9.30 Å². The van der Waals surface area contributed by atoms with Gasteiger partial charge in [0, 0.05) is 23.0 Å². The molecule has 1 fully saturated rings. The van der Waals surface area contributed by atoms with Gasteiger partial charge in [0.05, 0.1) is 12.3 Å². The minimum Gasteiger partial charge on any atom is -0.368 e. The third-order valence-corrected chi connectivity index (χ3v) is 2.79. The first kappa shape index (κ1) is 9.01. The second kappa shape index (κ2) is 3.40. The molecule has 1 aromatic carbocycles. The Hall–Kier alpha value is -1.25. The number of epoxide rings is 1. The Kier molecular flexibility index (Phi) is 2.04. The van der Waals surface area contributed by atoms with Gasteiger partial charge in [0.2, 0.25) is 0 Å². The first-order valence-corrected chi connectivity index (χ1v) is 5.27. The fourth-order valence-electron chi connectivity index (χ4n) is 1.74. The monoisotopic (exact) mass is 219 g/mol. The highest BCUT2D eigenvalue weighted by Gasteiger charge is 2.27. The molecule has 0 spiro atoms. The molecule has 2 nitrogen and oxygen atoms in total. The summed E-state index contributed by atoms with van der Waals surface area (Å²) in [6.45, 7) is 0.815. The summed E-state index contributed by atoms with van der Waals surface area (Å²) < 4.78 is 7.38. The highest BCUT2D eigenvalue weighted by atomic mass is 35.5. The van der Waals surface area contributed by atoms with Gasteiger partial charge in [-0.05, 0) is 24.3 Å². The van der Waals surface area contributed by atoms with Crippen molar-refractivity contribution in [3.8, 4) is 5.69 Å². The number of rotatable bonds is 2. The van der Waals surface area contributed by atoms with Gasteiger partial charge in [0.15, 0.2) is 0 Å². The zero-order valence-electron chi connectivity index (χ0n) is 8.06. The van der Waals surface area contributed by atoms with Gasteiger partial charge in [-0.25, -0.2) is 0 Å². The van der Waals surface area contributed by atoms with E-state index in [-0.39, 0.29) is 6.10 Å². The van der Waals surface area contributed by atoms with Crippen molar-refractivity contribution in [1.82, 2.24) is 4.57 Å². The number of nitrogens with zero attached hydrogens (tertiary/aromatic N) is 1. The normalized spacial score (nSPS) is 19.1. The van der Waals surface area contributed by atoms with Crippen molar-refractivity contribution in [3.05, 3.63) is 53.3 Å². The van der Waals surface area contributed by atoms with Gasteiger partial charge in [0.1, 0.15) is 6.10 Å². The third kappa shape index (κ3) is 1.66. The zero-order chi connectivity index (χ0) is 10.3. The smallest absolute Gasteiger partial charge is 0.108 e. The molecule has 1 saturated heterocycles. The van der Waals surface area contributed by atoms with E-state index in [1.54, 1.807) is 0 Å². The number of halogens is 1. The van der Waals surface area contributed by atoms with E-state index in [0.29, 0.717) is 0 Å². The van der Waals surface area contributed by atoms with E-state index in [2.05, 4.69) is 4.57 Å². The summed E-state index contributed by atoms with van der Waals surface area (Å²) in [5.74, 6) is 0. The third-order valence-electron chi connectivity index (χ3n) is 2.56. The Morgan fingerprint density at radius 2 is 2.00 bits per heavy atom. The lowest BCUT2D eigenvalue weighted by Gasteiger charge is -2.09. The standard InChI is InChI=1S/C12H10ClNO/c13-9-3-4-10(12-8-15-12)11(7-9)14-5-1-2-6-14/h1-7,12H,8H2. The van der Waals surface area contributed by atoms with Crippen molar-refractivity contribution >= 4 is 11.6 Å². The highest BCUT2D eigenvalue weighted by molar-refractivity contribution is 6.30. The molecular weight excluding hydrogens is 210 g/mol. The predicted octanol–water partition coefficient (Wildman–Crippen LogP) is 3.20. The van der Waals surface area contributed by atoms with Gasteiger partial charge in [-0.1, -0.05) is 17.7 Å². The van der Waals surface area contributed by atoms with E-state index >= 15 is 0 Å². The SMILES string of the molecule is Clc1ccc(C2CO2)c(-n2cccc2)c1. The topological polar surface area (TPSA) is 17.5 Å². The van der Waals surface area contributed by atoms with Gasteiger partial charge in [-0.15, -0.1) is 0 Å². The average molecular weight is 220 g/mol. The Morgan fingerprint density at radius 1 is 1.27 bits per heavy atom. The second-order valence-corrected chi connectivity index (χ2v) is 4.05. The largest absolute Gasteiger partial charge is 0.368 e. The summed E-state index contributed by atoms with van der Waals surface area (Å²) in [5, 5.41) is 0.753. The molecule has 0 amide bonds. The summed E-state index contributed by atoms with van der Waals surface area (Å²) >= 11 is 6.00. The van der Waals surface area contributed by atoms with Crippen molar-refractivity contribution in [2.24, 2.45) is 0 Å². The highest BCUT2D eigenvalue weighted by Crippen LogP contribution is 2.35. The first-order valence-electron chi connectivity index (χ1n) is 4.89. The molecule has 0 N–H and O–H groups in total. The number of aromatic nitrogens is 1. The van der Waals surface area contributed by atoms with Crippen molar-refractivity contribution in [2.75, 3.05) is 6.61 Å². The van der Waals surface area contributed by atoms with Crippen LogP contribution in [0.25, 0.3) is 5.69 Å². The van der Waals surface area contributed by atoms with Gasteiger partial charge in [-0.3, -0.25) is 0 Å². The van der Waals surface area contributed by atoms with E-state index in [0.717, 1.165) is 17.3 Å². The molecule has 1 unspecified atom stereocenters. The molecule has 0 radical (unpaired) electrons. The molecule has 3 heteroatoms. The van der Waals surface area contributed by atoms with E-state index in [4.69, 9.17) is 16.3 Å². The van der Waals surface area contributed by atoms with Gasteiger partial charge in [0.25, 0.3) is 0 Å². The fourth-order valence-corrected chi connectivity index (χ4v) is 1.90. The minimum atomic E-state index is 0.250. The van der Waals surface area contributed by atoms with Crippen LogP contribution in [0.4, 0.5) is 0 Å². The molecule has 0 saturated carbocycles. The maximum Gasteiger partial charge on any atom is 0.108 e. The maximum atomic E-state index is 6.00. The summed E-state index contributed by atoms with van der Waals surface area (Å²) in [6.07, 6.45) is 4.27. The summed E-state index contributed by atoms with van der Waals surface area (Å²) in [4.78, 5) is 0.